The van der Waals surface area contributed by atoms with Crippen LogP contribution in [0.4, 0.5) is 4.39 Å². The van der Waals surface area contributed by atoms with Crippen LogP contribution in [0.15, 0.2) is 47.5 Å². The summed E-state index contributed by atoms with van der Waals surface area (Å²) in [4.78, 5) is 6.28. The Morgan fingerprint density at radius 3 is 2.32 bits per heavy atom. The summed E-state index contributed by atoms with van der Waals surface area (Å²) in [7, 11) is 6.77. The molecule has 0 aliphatic carbocycles. The van der Waals surface area contributed by atoms with E-state index in [1.807, 2.05) is 42.3 Å². The molecular formula is C19H24FN3O2. The summed E-state index contributed by atoms with van der Waals surface area (Å²) in [6.45, 7) is 1.17. The highest BCUT2D eigenvalue weighted by atomic mass is 19.1. The predicted molar refractivity (Wildman–Crippen MR) is 97.6 cm³/mol. The lowest BCUT2D eigenvalue weighted by Gasteiger charge is -2.22. The predicted octanol–water partition coefficient (Wildman–Crippen LogP) is 3.05. The van der Waals surface area contributed by atoms with Crippen LogP contribution in [0.5, 0.6) is 11.5 Å². The van der Waals surface area contributed by atoms with Gasteiger partial charge in [-0.2, -0.15) is 0 Å². The number of methoxy groups -OCH3 is 2. The van der Waals surface area contributed by atoms with Crippen LogP contribution in [0, 0.1) is 5.82 Å². The van der Waals surface area contributed by atoms with Gasteiger partial charge in [-0.25, -0.2) is 4.39 Å². The molecule has 2 rings (SSSR count). The van der Waals surface area contributed by atoms with E-state index in [0.717, 1.165) is 22.8 Å². The fraction of sp³-hybridized carbons (Fsp3) is 0.316. The van der Waals surface area contributed by atoms with Crippen molar-refractivity contribution in [1.29, 1.82) is 0 Å². The molecule has 0 spiro atoms. The Bertz CT molecular complexity index is 717. The number of benzene rings is 2. The SMILES string of the molecule is CN=C(NCc1ccc(OC)c(F)c1)N(C)Cc1ccc(OC)cc1. The molecule has 2 aromatic rings. The second kappa shape index (κ2) is 8.92. The molecule has 0 heterocycles. The summed E-state index contributed by atoms with van der Waals surface area (Å²) in [6.07, 6.45) is 0. The molecule has 0 radical (unpaired) electrons. The van der Waals surface area contributed by atoms with Crippen molar-refractivity contribution in [1.82, 2.24) is 10.2 Å². The van der Waals surface area contributed by atoms with Crippen LogP contribution in [-0.4, -0.2) is 39.2 Å². The monoisotopic (exact) mass is 345 g/mol. The molecule has 0 saturated heterocycles. The summed E-state index contributed by atoms with van der Waals surface area (Å²) < 4.78 is 23.9. The van der Waals surface area contributed by atoms with Gasteiger partial charge in [0.2, 0.25) is 0 Å². The normalized spacial score (nSPS) is 11.2. The lowest BCUT2D eigenvalue weighted by molar-refractivity contribution is 0.386. The first-order chi connectivity index (χ1) is 12.1. The van der Waals surface area contributed by atoms with Gasteiger partial charge in [-0.1, -0.05) is 18.2 Å². The van der Waals surface area contributed by atoms with Crippen LogP contribution in [-0.2, 0) is 13.1 Å². The Morgan fingerprint density at radius 2 is 1.76 bits per heavy atom. The molecule has 25 heavy (non-hydrogen) atoms. The molecular weight excluding hydrogens is 321 g/mol. The number of guanidine groups is 1. The van der Waals surface area contributed by atoms with Crippen LogP contribution >= 0.6 is 0 Å². The van der Waals surface area contributed by atoms with Crippen molar-refractivity contribution in [2.24, 2.45) is 4.99 Å². The number of halogens is 1. The Hall–Kier alpha value is -2.76. The van der Waals surface area contributed by atoms with E-state index in [4.69, 9.17) is 9.47 Å². The van der Waals surface area contributed by atoms with Crippen molar-refractivity contribution < 1.29 is 13.9 Å². The van der Waals surface area contributed by atoms with E-state index < -0.39 is 0 Å². The number of nitrogens with zero attached hydrogens (tertiary/aromatic N) is 2. The number of rotatable bonds is 6. The summed E-state index contributed by atoms with van der Waals surface area (Å²) in [5.41, 5.74) is 1.96. The molecule has 0 saturated carbocycles. The Balaban J connectivity index is 1.95. The van der Waals surface area contributed by atoms with Gasteiger partial charge in [0.1, 0.15) is 5.75 Å². The van der Waals surface area contributed by atoms with E-state index in [9.17, 15) is 4.39 Å². The Labute approximate surface area is 148 Å². The van der Waals surface area contributed by atoms with Gasteiger partial charge >= 0.3 is 0 Å². The standard InChI is InChI=1S/C19H24FN3O2/c1-21-19(22-12-15-7-10-18(25-4)17(20)11-15)23(2)13-14-5-8-16(24-3)9-6-14/h5-11H,12-13H2,1-4H3,(H,21,22). The lowest BCUT2D eigenvalue weighted by Crippen LogP contribution is -2.38. The highest BCUT2D eigenvalue weighted by molar-refractivity contribution is 5.79. The first-order valence-corrected chi connectivity index (χ1v) is 7.94. The minimum Gasteiger partial charge on any atom is -0.497 e. The van der Waals surface area contributed by atoms with Gasteiger partial charge in [-0.05, 0) is 35.4 Å². The number of ether oxygens (including phenoxy) is 2. The smallest absolute Gasteiger partial charge is 0.193 e. The van der Waals surface area contributed by atoms with Gasteiger partial charge in [0, 0.05) is 27.2 Å². The summed E-state index contributed by atoms with van der Waals surface area (Å²) in [5.74, 6) is 1.43. The largest absolute Gasteiger partial charge is 0.497 e. The lowest BCUT2D eigenvalue weighted by atomic mass is 10.2. The summed E-state index contributed by atoms with van der Waals surface area (Å²) >= 11 is 0. The number of nitrogens with one attached hydrogen (secondary N) is 1. The first-order valence-electron chi connectivity index (χ1n) is 7.94. The minimum absolute atomic E-state index is 0.241. The quantitative estimate of drug-likeness (QED) is 0.646. The van der Waals surface area contributed by atoms with E-state index in [2.05, 4.69) is 10.3 Å². The molecule has 0 aliphatic rings. The summed E-state index contributed by atoms with van der Waals surface area (Å²) in [5, 5.41) is 3.24. The highest BCUT2D eigenvalue weighted by Crippen LogP contribution is 2.17. The highest BCUT2D eigenvalue weighted by Gasteiger charge is 2.08. The average Bonchev–Trinajstić information content (AvgIpc) is 2.63. The summed E-state index contributed by atoms with van der Waals surface area (Å²) in [6, 6.07) is 12.8. The molecule has 0 amide bonds. The number of hydrogen-bond donors (Lipinski definition) is 1. The second-order valence-electron chi connectivity index (χ2n) is 5.57. The second-order valence-corrected chi connectivity index (χ2v) is 5.57. The average molecular weight is 345 g/mol. The molecule has 0 bridgehead atoms. The van der Waals surface area contributed by atoms with Gasteiger partial charge in [-0.15, -0.1) is 0 Å². The maximum atomic E-state index is 13.8. The molecule has 0 atom stereocenters. The van der Waals surface area contributed by atoms with E-state index in [1.54, 1.807) is 20.2 Å². The van der Waals surface area contributed by atoms with Crippen molar-refractivity contribution in [3.8, 4) is 11.5 Å². The van der Waals surface area contributed by atoms with Gasteiger partial charge in [0.15, 0.2) is 17.5 Å². The van der Waals surface area contributed by atoms with Gasteiger partial charge in [0.25, 0.3) is 0 Å². The van der Waals surface area contributed by atoms with Gasteiger partial charge < -0.3 is 19.7 Å². The van der Waals surface area contributed by atoms with E-state index >= 15 is 0 Å². The first kappa shape index (κ1) is 18.6. The zero-order valence-corrected chi connectivity index (χ0v) is 15.0. The minimum atomic E-state index is -0.372. The van der Waals surface area contributed by atoms with E-state index in [-0.39, 0.29) is 11.6 Å². The third kappa shape index (κ3) is 5.11. The molecule has 1 N–H and O–H groups in total. The third-order valence-corrected chi connectivity index (χ3v) is 3.82. The molecule has 6 heteroatoms. The van der Waals surface area contributed by atoms with Crippen molar-refractivity contribution >= 4 is 5.96 Å². The van der Waals surface area contributed by atoms with Crippen LogP contribution in [0.3, 0.4) is 0 Å². The molecule has 0 fully saturated rings. The van der Waals surface area contributed by atoms with Crippen molar-refractivity contribution in [3.63, 3.8) is 0 Å². The fourth-order valence-electron chi connectivity index (χ4n) is 2.47. The zero-order valence-electron chi connectivity index (χ0n) is 15.0. The Morgan fingerprint density at radius 1 is 1.08 bits per heavy atom. The fourth-order valence-corrected chi connectivity index (χ4v) is 2.47. The van der Waals surface area contributed by atoms with Crippen LogP contribution in [0.25, 0.3) is 0 Å². The van der Waals surface area contributed by atoms with Gasteiger partial charge in [0.05, 0.1) is 14.2 Å². The van der Waals surface area contributed by atoms with Crippen LogP contribution in [0.1, 0.15) is 11.1 Å². The van der Waals surface area contributed by atoms with Gasteiger partial charge in [-0.3, -0.25) is 4.99 Å². The van der Waals surface area contributed by atoms with Crippen molar-refractivity contribution in [2.45, 2.75) is 13.1 Å². The number of aliphatic imine (C=N–C) groups is 1. The van der Waals surface area contributed by atoms with E-state index in [0.29, 0.717) is 13.1 Å². The molecule has 0 unspecified atom stereocenters. The topological polar surface area (TPSA) is 46.1 Å². The molecule has 134 valence electrons. The molecule has 2 aromatic carbocycles. The van der Waals surface area contributed by atoms with E-state index in [1.165, 1.54) is 13.2 Å². The Kier molecular flexibility index (Phi) is 6.62. The maximum absolute atomic E-state index is 13.8. The molecule has 0 aliphatic heterocycles. The zero-order chi connectivity index (χ0) is 18.2. The maximum Gasteiger partial charge on any atom is 0.193 e. The van der Waals surface area contributed by atoms with Crippen molar-refractivity contribution in [3.05, 3.63) is 59.4 Å². The molecule has 0 aromatic heterocycles. The molecule has 5 nitrogen and oxygen atoms in total. The van der Waals surface area contributed by atoms with Crippen LogP contribution in [0.2, 0.25) is 0 Å². The van der Waals surface area contributed by atoms with Crippen LogP contribution < -0.4 is 14.8 Å². The number of hydrogen-bond acceptors (Lipinski definition) is 3. The van der Waals surface area contributed by atoms with Crippen molar-refractivity contribution in [2.75, 3.05) is 28.3 Å². The third-order valence-electron chi connectivity index (χ3n) is 3.82.